The molecule has 2 N–H and O–H groups in total. The first-order chi connectivity index (χ1) is 37.2. The predicted molar refractivity (Wildman–Crippen MR) is 316 cm³/mol. The Morgan fingerprint density at radius 1 is 0.382 bits per heavy atom. The number of rotatable bonds is 51. The van der Waals surface area contributed by atoms with E-state index in [1.165, 1.54) is 0 Å². The van der Waals surface area contributed by atoms with Gasteiger partial charge in [-0.1, -0.05) is 205 Å². The largest absolute Gasteiger partial charge is 0.472 e. The molecule has 0 radical (unpaired) electrons. The van der Waals surface area contributed by atoms with E-state index in [0.29, 0.717) is 25.7 Å². The number of hydrogen-bond acceptors (Lipinski definition) is 10. The van der Waals surface area contributed by atoms with Crippen molar-refractivity contribution in [3.05, 3.63) is 146 Å². The Kier molecular flexibility index (Phi) is 53.1. The summed E-state index contributed by atoms with van der Waals surface area (Å²) in [6, 6.07) is 0. The van der Waals surface area contributed by atoms with E-state index in [1.54, 1.807) is 0 Å². The molecule has 428 valence electrons. The Bertz CT molecular complexity index is 1830. The highest BCUT2D eigenvalue weighted by molar-refractivity contribution is 7.47. The third kappa shape index (κ3) is 54.2. The molecule has 0 spiro atoms. The third-order valence-electron chi connectivity index (χ3n) is 11.2. The summed E-state index contributed by atoms with van der Waals surface area (Å²) in [4.78, 5) is 48.5. The van der Waals surface area contributed by atoms with E-state index < -0.39 is 57.8 Å². The molecule has 0 aromatic rings. The average Bonchev–Trinajstić information content (AvgIpc) is 3.41. The molecule has 11 nitrogen and oxygen atoms in total. The second kappa shape index (κ2) is 56.6. The van der Waals surface area contributed by atoms with Crippen molar-refractivity contribution in [3.63, 3.8) is 0 Å². The average molecular weight is 1080 g/mol. The summed E-state index contributed by atoms with van der Waals surface area (Å²) in [5.41, 5.74) is 0. The van der Waals surface area contributed by atoms with Crippen LogP contribution in [0.15, 0.2) is 146 Å². The standard InChI is InChI=1S/C64H101O11P/c1-4-7-10-13-16-19-22-25-27-29-30-32-34-37-40-43-46-49-52-55-64(68)75-61(57-71-62(66)53-50-47-44-41-38-35-24-21-18-15-12-9-6-3)59-73-76(69,70)72-58-60(56-65)74-63(67)54-51-48-45-42-39-36-33-31-28-26-23-20-17-14-11-8-5-2/h7-8,10-12,15-17,19-21,24-28,30,32-33,36-37,40,46,49,60-61,65H,4-6,9,13-14,18,22-23,29,31,34-35,38-39,41-45,47-48,50-59H2,1-3H3,(H,69,70)/b10-7-,11-8-,15-12-,19-16-,20-17-,24-21-,27-25-,28-26-,32-30-,36-33-,40-37-,49-46-. The SMILES string of the molecule is CC/C=C\C/C=C\C/C=C\C/C=C\C/C=C\C/C=C\CCC(=O)OC(COC(=O)CCCCCCC/C=C\C/C=C\CCC)COP(=O)(O)OCC(CO)OC(=O)CCCCCC/C=C\C/C=C\C/C=C\C/C=C\CC. The van der Waals surface area contributed by atoms with E-state index in [9.17, 15) is 28.9 Å². The molecule has 0 aromatic carbocycles. The predicted octanol–water partition coefficient (Wildman–Crippen LogP) is 17.1. The molecule has 0 amide bonds. The van der Waals surface area contributed by atoms with Crippen LogP contribution >= 0.6 is 7.82 Å². The van der Waals surface area contributed by atoms with Gasteiger partial charge in [-0.2, -0.15) is 0 Å². The summed E-state index contributed by atoms with van der Waals surface area (Å²) in [5, 5.41) is 9.82. The molecule has 0 aliphatic rings. The zero-order chi connectivity index (χ0) is 55.5. The fourth-order valence-electron chi connectivity index (χ4n) is 6.94. The lowest BCUT2D eigenvalue weighted by atomic mass is 10.1. The normalized spacial score (nSPS) is 14.4. The minimum atomic E-state index is -4.79. The maximum absolute atomic E-state index is 12.9. The highest BCUT2D eigenvalue weighted by Gasteiger charge is 2.28. The maximum Gasteiger partial charge on any atom is 0.472 e. The Morgan fingerprint density at radius 3 is 1.13 bits per heavy atom. The number of aliphatic hydroxyl groups is 1. The van der Waals surface area contributed by atoms with Gasteiger partial charge in [-0.05, 0) is 122 Å². The van der Waals surface area contributed by atoms with Crippen LogP contribution in [0.4, 0.5) is 0 Å². The summed E-state index contributed by atoms with van der Waals surface area (Å²) in [6.07, 6.45) is 72.5. The molecule has 12 heteroatoms. The number of phosphoric acid groups is 1. The molecule has 0 saturated carbocycles. The number of unbranched alkanes of at least 4 members (excludes halogenated alkanes) is 10. The van der Waals surface area contributed by atoms with Crippen LogP contribution in [0.2, 0.25) is 0 Å². The van der Waals surface area contributed by atoms with Gasteiger partial charge < -0.3 is 24.2 Å². The zero-order valence-electron chi connectivity index (χ0n) is 47.2. The maximum atomic E-state index is 12.9. The lowest BCUT2D eigenvalue weighted by Gasteiger charge is -2.21. The van der Waals surface area contributed by atoms with Gasteiger partial charge >= 0.3 is 25.7 Å². The van der Waals surface area contributed by atoms with Crippen LogP contribution in [0.5, 0.6) is 0 Å². The molecule has 0 fully saturated rings. The fourth-order valence-corrected chi connectivity index (χ4v) is 7.72. The van der Waals surface area contributed by atoms with E-state index >= 15 is 0 Å². The third-order valence-corrected chi connectivity index (χ3v) is 12.2. The minimum absolute atomic E-state index is 0.0290. The van der Waals surface area contributed by atoms with Crippen molar-refractivity contribution in [3.8, 4) is 0 Å². The number of ether oxygens (including phenoxy) is 3. The number of esters is 3. The van der Waals surface area contributed by atoms with Gasteiger partial charge in [0, 0.05) is 19.3 Å². The van der Waals surface area contributed by atoms with Crippen molar-refractivity contribution in [1.82, 2.24) is 0 Å². The quantitative estimate of drug-likeness (QED) is 0.0197. The molecule has 3 atom stereocenters. The van der Waals surface area contributed by atoms with Crippen molar-refractivity contribution < 1.29 is 52.2 Å². The van der Waals surface area contributed by atoms with Crippen LogP contribution in [0.3, 0.4) is 0 Å². The molecular weight excluding hydrogens is 976 g/mol. The van der Waals surface area contributed by atoms with Crippen molar-refractivity contribution in [2.24, 2.45) is 0 Å². The van der Waals surface area contributed by atoms with Gasteiger partial charge in [-0.25, -0.2) is 4.57 Å². The molecular formula is C64H101O11P. The fraction of sp³-hybridized carbons (Fsp3) is 0.578. The smallest absolute Gasteiger partial charge is 0.462 e. The molecule has 3 unspecified atom stereocenters. The van der Waals surface area contributed by atoms with E-state index in [1.807, 2.05) is 12.2 Å². The van der Waals surface area contributed by atoms with E-state index in [0.717, 1.165) is 135 Å². The Hall–Kier alpha value is -4.64. The van der Waals surface area contributed by atoms with Gasteiger partial charge in [-0.3, -0.25) is 23.4 Å². The number of hydrogen-bond donors (Lipinski definition) is 2. The monoisotopic (exact) mass is 1080 g/mol. The van der Waals surface area contributed by atoms with E-state index in [2.05, 4.69) is 154 Å². The number of aliphatic hydroxyl groups excluding tert-OH is 1. The summed E-state index contributed by atoms with van der Waals surface area (Å²) in [5.74, 6) is -1.63. The molecule has 0 aromatic heterocycles. The second-order valence-electron chi connectivity index (χ2n) is 18.3. The van der Waals surface area contributed by atoms with Gasteiger partial charge in [0.05, 0.1) is 19.8 Å². The summed E-state index contributed by atoms with van der Waals surface area (Å²) in [6.45, 7) is 4.20. The summed E-state index contributed by atoms with van der Waals surface area (Å²) < 4.78 is 39.4. The van der Waals surface area contributed by atoms with Gasteiger partial charge in [0.2, 0.25) is 0 Å². The lowest BCUT2D eigenvalue weighted by molar-refractivity contribution is -0.161. The molecule has 0 heterocycles. The van der Waals surface area contributed by atoms with Crippen molar-refractivity contribution >= 4 is 25.7 Å². The van der Waals surface area contributed by atoms with Crippen LogP contribution in [0, 0.1) is 0 Å². The van der Waals surface area contributed by atoms with Gasteiger partial charge in [0.15, 0.2) is 6.10 Å². The van der Waals surface area contributed by atoms with Crippen molar-refractivity contribution in [2.45, 2.75) is 213 Å². The van der Waals surface area contributed by atoms with Crippen LogP contribution < -0.4 is 0 Å². The van der Waals surface area contributed by atoms with Crippen LogP contribution in [-0.4, -0.2) is 66.5 Å². The number of phosphoric ester groups is 1. The number of allylic oxidation sites excluding steroid dienone is 24. The van der Waals surface area contributed by atoms with E-state index in [-0.39, 0.29) is 25.9 Å². The molecule has 0 rings (SSSR count). The molecule has 0 bridgehead atoms. The van der Waals surface area contributed by atoms with Crippen molar-refractivity contribution in [2.75, 3.05) is 26.4 Å². The van der Waals surface area contributed by atoms with Crippen LogP contribution in [-0.2, 0) is 42.2 Å². The van der Waals surface area contributed by atoms with Crippen LogP contribution in [0.1, 0.15) is 201 Å². The molecule has 0 aliphatic heterocycles. The first-order valence-corrected chi connectivity index (χ1v) is 30.2. The Morgan fingerprint density at radius 2 is 0.711 bits per heavy atom. The minimum Gasteiger partial charge on any atom is -0.462 e. The topological polar surface area (TPSA) is 155 Å². The van der Waals surface area contributed by atoms with Gasteiger partial charge in [0.25, 0.3) is 0 Å². The van der Waals surface area contributed by atoms with Gasteiger partial charge in [0.1, 0.15) is 12.7 Å². The first-order valence-electron chi connectivity index (χ1n) is 28.7. The zero-order valence-corrected chi connectivity index (χ0v) is 48.0. The molecule has 76 heavy (non-hydrogen) atoms. The Labute approximate surface area is 461 Å². The van der Waals surface area contributed by atoms with Crippen LogP contribution in [0.25, 0.3) is 0 Å². The first kappa shape index (κ1) is 71.4. The second-order valence-corrected chi connectivity index (χ2v) is 19.8. The molecule has 0 aliphatic carbocycles. The lowest BCUT2D eigenvalue weighted by Crippen LogP contribution is -2.30. The summed E-state index contributed by atoms with van der Waals surface area (Å²) >= 11 is 0. The number of carbonyl (C=O) groups is 3. The molecule has 0 saturated heterocycles. The van der Waals surface area contributed by atoms with Crippen molar-refractivity contribution in [1.29, 1.82) is 0 Å². The highest BCUT2D eigenvalue weighted by atomic mass is 31.2. The van der Waals surface area contributed by atoms with Gasteiger partial charge in [-0.15, -0.1) is 0 Å². The summed E-state index contributed by atoms with van der Waals surface area (Å²) in [7, 11) is -4.79. The highest BCUT2D eigenvalue weighted by Crippen LogP contribution is 2.43. The Balaban J connectivity index is 4.88. The van der Waals surface area contributed by atoms with E-state index in [4.69, 9.17) is 23.3 Å². The number of carbonyl (C=O) groups excluding carboxylic acids is 3.